The Hall–Kier alpha value is -2.83. The summed E-state index contributed by atoms with van der Waals surface area (Å²) in [7, 11) is 1.21. The van der Waals surface area contributed by atoms with Crippen LogP contribution in [0.15, 0.2) is 48.5 Å². The van der Waals surface area contributed by atoms with Crippen molar-refractivity contribution < 1.29 is 27.5 Å². The minimum absolute atomic E-state index is 0.210. The van der Waals surface area contributed by atoms with Gasteiger partial charge in [-0.15, -0.1) is 0 Å². The van der Waals surface area contributed by atoms with Crippen LogP contribution >= 0.6 is 0 Å². The molecule has 0 saturated heterocycles. The Morgan fingerprint density at radius 2 is 1.74 bits per heavy atom. The number of ether oxygens (including phenoxy) is 1. The van der Waals surface area contributed by atoms with E-state index in [2.05, 4.69) is 5.32 Å². The number of aryl methyl sites for hydroxylation is 1. The number of hydrogen-bond acceptors (Lipinski definition) is 3. The van der Waals surface area contributed by atoms with E-state index in [4.69, 9.17) is 4.74 Å². The lowest BCUT2D eigenvalue weighted by Crippen LogP contribution is -2.43. The molecule has 0 aliphatic heterocycles. The van der Waals surface area contributed by atoms with Crippen LogP contribution in [0.5, 0.6) is 0 Å². The highest BCUT2D eigenvalue weighted by Gasteiger charge is 2.30. The third kappa shape index (κ3) is 6.13. The van der Waals surface area contributed by atoms with Gasteiger partial charge in [0, 0.05) is 6.42 Å². The van der Waals surface area contributed by atoms with Gasteiger partial charge < -0.3 is 10.1 Å². The first-order chi connectivity index (χ1) is 12.7. The van der Waals surface area contributed by atoms with Crippen LogP contribution in [0.1, 0.15) is 22.3 Å². The number of esters is 1. The van der Waals surface area contributed by atoms with Crippen LogP contribution in [0.3, 0.4) is 0 Å². The van der Waals surface area contributed by atoms with Crippen molar-refractivity contribution in [2.75, 3.05) is 7.11 Å². The van der Waals surface area contributed by atoms with Crippen molar-refractivity contribution in [2.24, 2.45) is 0 Å². The largest absolute Gasteiger partial charge is 0.467 e. The zero-order valence-electron chi connectivity index (χ0n) is 15.0. The molecule has 0 bridgehead atoms. The second-order valence-corrected chi connectivity index (χ2v) is 6.21. The van der Waals surface area contributed by atoms with Crippen LogP contribution in [-0.4, -0.2) is 25.0 Å². The number of rotatable bonds is 6. The molecule has 27 heavy (non-hydrogen) atoms. The second-order valence-electron chi connectivity index (χ2n) is 6.21. The normalized spacial score (nSPS) is 12.3. The first-order valence-corrected chi connectivity index (χ1v) is 8.28. The number of carbonyl (C=O) groups excluding carboxylic acids is 2. The summed E-state index contributed by atoms with van der Waals surface area (Å²) in [5, 5.41) is 2.54. The number of benzene rings is 2. The molecule has 0 heterocycles. The molecular weight excluding hydrogens is 359 g/mol. The van der Waals surface area contributed by atoms with Gasteiger partial charge in [0.15, 0.2) is 0 Å². The molecule has 1 N–H and O–H groups in total. The fourth-order valence-electron chi connectivity index (χ4n) is 2.58. The Labute approximate surface area is 155 Å². The molecule has 1 atom stereocenters. The molecule has 0 aliphatic carbocycles. The minimum Gasteiger partial charge on any atom is -0.467 e. The molecule has 2 rings (SSSR count). The van der Waals surface area contributed by atoms with Gasteiger partial charge in [0.1, 0.15) is 6.04 Å². The summed E-state index contributed by atoms with van der Waals surface area (Å²) in [6.45, 7) is 1.93. The summed E-state index contributed by atoms with van der Waals surface area (Å²) in [6, 6.07) is 11.1. The van der Waals surface area contributed by atoms with Gasteiger partial charge in [0.25, 0.3) is 0 Å². The lowest BCUT2D eigenvalue weighted by molar-refractivity contribution is -0.145. The summed E-state index contributed by atoms with van der Waals surface area (Å²) >= 11 is 0. The molecule has 0 aliphatic rings. The molecule has 144 valence electrons. The Morgan fingerprint density at radius 1 is 1.07 bits per heavy atom. The summed E-state index contributed by atoms with van der Waals surface area (Å²) in [5.41, 5.74) is 1.27. The van der Waals surface area contributed by atoms with Crippen LogP contribution in [0, 0.1) is 6.92 Å². The topological polar surface area (TPSA) is 55.4 Å². The van der Waals surface area contributed by atoms with E-state index in [0.717, 1.165) is 23.3 Å². The van der Waals surface area contributed by atoms with Crippen molar-refractivity contribution in [1.82, 2.24) is 5.32 Å². The van der Waals surface area contributed by atoms with Crippen molar-refractivity contribution >= 4 is 11.9 Å². The van der Waals surface area contributed by atoms with E-state index in [-0.39, 0.29) is 18.4 Å². The van der Waals surface area contributed by atoms with Crippen LogP contribution < -0.4 is 5.32 Å². The van der Waals surface area contributed by atoms with Gasteiger partial charge in [-0.25, -0.2) is 4.79 Å². The van der Waals surface area contributed by atoms with Crippen molar-refractivity contribution in [3.8, 4) is 0 Å². The molecule has 0 unspecified atom stereocenters. The molecule has 1 amide bonds. The Morgan fingerprint density at radius 3 is 2.33 bits per heavy atom. The Kier molecular flexibility index (Phi) is 6.60. The SMILES string of the molecule is COC(=O)[C@@H](Cc1ccc(C)cc1)NC(=O)Cc1cccc(C(F)(F)F)c1. The lowest BCUT2D eigenvalue weighted by Gasteiger charge is -2.17. The lowest BCUT2D eigenvalue weighted by atomic mass is 10.0. The molecule has 2 aromatic carbocycles. The van der Waals surface area contributed by atoms with Gasteiger partial charge >= 0.3 is 12.1 Å². The number of halogens is 3. The fraction of sp³-hybridized carbons (Fsp3) is 0.300. The predicted octanol–water partition coefficient (Wildman–Crippen LogP) is 3.46. The van der Waals surface area contributed by atoms with Gasteiger partial charge in [-0.05, 0) is 24.1 Å². The second kappa shape index (κ2) is 8.70. The molecule has 0 radical (unpaired) electrons. The van der Waals surface area contributed by atoms with Gasteiger partial charge in [-0.1, -0.05) is 48.0 Å². The fourth-order valence-corrected chi connectivity index (χ4v) is 2.58. The highest BCUT2D eigenvalue weighted by molar-refractivity contribution is 5.85. The third-order valence-electron chi connectivity index (χ3n) is 4.00. The summed E-state index contributed by atoms with van der Waals surface area (Å²) in [4.78, 5) is 24.2. The van der Waals surface area contributed by atoms with Crippen LogP contribution in [0.4, 0.5) is 13.2 Å². The average Bonchev–Trinajstić information content (AvgIpc) is 2.61. The molecule has 4 nitrogen and oxygen atoms in total. The van der Waals surface area contributed by atoms with E-state index < -0.39 is 29.7 Å². The van der Waals surface area contributed by atoms with E-state index in [9.17, 15) is 22.8 Å². The van der Waals surface area contributed by atoms with Gasteiger partial charge in [-0.3, -0.25) is 4.79 Å². The van der Waals surface area contributed by atoms with E-state index in [1.807, 2.05) is 31.2 Å². The maximum absolute atomic E-state index is 12.8. The first kappa shape index (κ1) is 20.5. The highest BCUT2D eigenvalue weighted by atomic mass is 19.4. The molecule has 0 aromatic heterocycles. The van der Waals surface area contributed by atoms with E-state index in [1.54, 1.807) is 0 Å². The highest BCUT2D eigenvalue weighted by Crippen LogP contribution is 2.29. The molecular formula is C20H20F3NO3. The molecule has 0 spiro atoms. The van der Waals surface area contributed by atoms with Gasteiger partial charge in [-0.2, -0.15) is 13.2 Å². The third-order valence-corrected chi connectivity index (χ3v) is 4.00. The molecule has 0 fully saturated rings. The quantitative estimate of drug-likeness (QED) is 0.782. The number of nitrogens with one attached hydrogen (secondary N) is 1. The number of hydrogen-bond donors (Lipinski definition) is 1. The molecule has 0 saturated carbocycles. The van der Waals surface area contributed by atoms with Gasteiger partial charge in [0.05, 0.1) is 19.1 Å². The summed E-state index contributed by atoms with van der Waals surface area (Å²) in [6.07, 6.45) is -4.53. The maximum Gasteiger partial charge on any atom is 0.416 e. The Bertz CT molecular complexity index is 801. The number of alkyl halides is 3. The van der Waals surface area contributed by atoms with Crippen LogP contribution in [-0.2, 0) is 33.3 Å². The van der Waals surface area contributed by atoms with E-state index in [1.165, 1.54) is 19.2 Å². The predicted molar refractivity (Wildman–Crippen MR) is 94.0 cm³/mol. The molecule has 7 heteroatoms. The minimum atomic E-state index is -4.48. The smallest absolute Gasteiger partial charge is 0.416 e. The van der Waals surface area contributed by atoms with Crippen LogP contribution in [0.25, 0.3) is 0 Å². The standard InChI is InChI=1S/C20H20F3NO3/c1-13-6-8-14(9-7-13)11-17(19(26)27-2)24-18(25)12-15-4-3-5-16(10-15)20(21,22)23/h3-10,17H,11-12H2,1-2H3,(H,24,25)/t17-/m1/s1. The zero-order valence-corrected chi connectivity index (χ0v) is 15.0. The first-order valence-electron chi connectivity index (χ1n) is 8.28. The van der Waals surface area contributed by atoms with Crippen LogP contribution in [0.2, 0.25) is 0 Å². The summed E-state index contributed by atoms with van der Waals surface area (Å²) < 4.78 is 43.0. The molecule has 2 aromatic rings. The monoisotopic (exact) mass is 379 g/mol. The van der Waals surface area contributed by atoms with Crippen molar-refractivity contribution in [2.45, 2.75) is 32.0 Å². The zero-order chi connectivity index (χ0) is 20.0. The van der Waals surface area contributed by atoms with E-state index >= 15 is 0 Å². The van der Waals surface area contributed by atoms with Crippen molar-refractivity contribution in [3.05, 3.63) is 70.8 Å². The average molecular weight is 379 g/mol. The Balaban J connectivity index is 2.07. The van der Waals surface area contributed by atoms with E-state index in [0.29, 0.717) is 0 Å². The number of carbonyl (C=O) groups is 2. The number of amides is 1. The van der Waals surface area contributed by atoms with Gasteiger partial charge in [0.2, 0.25) is 5.91 Å². The number of methoxy groups -OCH3 is 1. The summed E-state index contributed by atoms with van der Waals surface area (Å²) in [5.74, 6) is -1.18. The maximum atomic E-state index is 12.8. The van der Waals surface area contributed by atoms with Crippen molar-refractivity contribution in [1.29, 1.82) is 0 Å². The van der Waals surface area contributed by atoms with Crippen molar-refractivity contribution in [3.63, 3.8) is 0 Å².